The number of anilines is 2. The molecule has 10 heteroatoms. The van der Waals surface area contributed by atoms with Gasteiger partial charge in [-0.3, -0.25) is 14.9 Å². The fourth-order valence-electron chi connectivity index (χ4n) is 6.21. The van der Waals surface area contributed by atoms with Gasteiger partial charge in [0.2, 0.25) is 5.91 Å². The Kier molecular flexibility index (Phi) is 14.7. The molecule has 48 heavy (non-hydrogen) atoms. The lowest BCUT2D eigenvalue weighted by molar-refractivity contribution is -0.130. The summed E-state index contributed by atoms with van der Waals surface area (Å²) in [5.74, 6) is 0.396. The van der Waals surface area contributed by atoms with E-state index in [1.54, 1.807) is 0 Å². The number of likely N-dealkylation sites (tertiary alicyclic amines) is 1. The van der Waals surface area contributed by atoms with E-state index in [4.69, 9.17) is 0 Å². The van der Waals surface area contributed by atoms with E-state index in [2.05, 4.69) is 26.2 Å². The molecule has 1 aliphatic heterocycles. The molecule has 1 aliphatic rings. The molecule has 0 saturated carbocycles. The van der Waals surface area contributed by atoms with Crippen LogP contribution in [0.25, 0.3) is 11.1 Å². The van der Waals surface area contributed by atoms with E-state index in [1.807, 2.05) is 91.8 Å². The summed E-state index contributed by atoms with van der Waals surface area (Å²) >= 11 is 0. The standard InChI is InChI=1S/C38H52N6O4/c1-39-22-10-24-41-37(46)31-16-18-32(19-17-31)40-23-8-4-7-15-35(45)43(2)27-28-44-25-20-30(21-26-44)34-14-9-13-33(36(34)42-38(47)48)29-11-5-3-6-12-29/h3,5-6,9,11-14,16-19,30,39-40,42H,4,7-8,10,15,20-28H2,1-2H3,(H,41,46)(H,47,48). The summed E-state index contributed by atoms with van der Waals surface area (Å²) < 4.78 is 0. The molecule has 0 spiro atoms. The molecular weight excluding hydrogens is 604 g/mol. The molecule has 258 valence electrons. The third kappa shape index (κ3) is 11.4. The molecule has 1 fully saturated rings. The molecule has 3 aromatic carbocycles. The molecule has 0 aliphatic carbocycles. The summed E-state index contributed by atoms with van der Waals surface area (Å²) in [6.45, 7) is 5.70. The van der Waals surface area contributed by atoms with Gasteiger partial charge >= 0.3 is 6.09 Å². The number of nitrogens with zero attached hydrogens (tertiary/aromatic N) is 2. The lowest BCUT2D eigenvalue weighted by atomic mass is 9.86. The minimum atomic E-state index is -1.05. The molecule has 1 heterocycles. The molecule has 3 amide bonds. The first-order valence-corrected chi connectivity index (χ1v) is 17.3. The fourth-order valence-corrected chi connectivity index (χ4v) is 6.21. The highest BCUT2D eigenvalue weighted by molar-refractivity contribution is 5.94. The van der Waals surface area contributed by atoms with Crippen LogP contribution in [0, 0.1) is 0 Å². The van der Waals surface area contributed by atoms with Gasteiger partial charge < -0.3 is 30.9 Å². The van der Waals surface area contributed by atoms with Crippen molar-refractivity contribution in [2.24, 2.45) is 0 Å². The van der Waals surface area contributed by atoms with Crippen molar-refractivity contribution in [3.8, 4) is 11.1 Å². The Morgan fingerprint density at radius 3 is 2.31 bits per heavy atom. The predicted molar refractivity (Wildman–Crippen MR) is 194 cm³/mol. The number of amides is 3. The highest BCUT2D eigenvalue weighted by Gasteiger charge is 2.25. The highest BCUT2D eigenvalue weighted by atomic mass is 16.4. The van der Waals surface area contributed by atoms with E-state index in [-0.39, 0.29) is 17.7 Å². The van der Waals surface area contributed by atoms with Gasteiger partial charge in [0.15, 0.2) is 0 Å². The number of nitrogens with one attached hydrogen (secondary N) is 4. The average molecular weight is 657 g/mol. The SMILES string of the molecule is CNCCCNC(=O)c1ccc(NCCCCCC(=O)N(C)CCN2CCC(c3cccc(-c4ccccc4)c3NC(=O)O)CC2)cc1. The van der Waals surface area contributed by atoms with Crippen LogP contribution >= 0.6 is 0 Å². The number of piperidine rings is 1. The van der Waals surface area contributed by atoms with Gasteiger partial charge in [-0.1, -0.05) is 55.0 Å². The van der Waals surface area contributed by atoms with Crippen molar-refractivity contribution in [2.75, 3.05) is 70.5 Å². The maximum absolute atomic E-state index is 12.8. The molecule has 0 radical (unpaired) electrons. The van der Waals surface area contributed by atoms with Gasteiger partial charge in [0.05, 0.1) is 5.69 Å². The number of hydrogen-bond donors (Lipinski definition) is 5. The number of carboxylic acid groups (broad SMARTS) is 1. The normalized spacial score (nSPS) is 13.5. The van der Waals surface area contributed by atoms with E-state index in [0.29, 0.717) is 30.8 Å². The summed E-state index contributed by atoms with van der Waals surface area (Å²) in [5, 5.41) is 21.7. The minimum Gasteiger partial charge on any atom is -0.465 e. The van der Waals surface area contributed by atoms with Crippen molar-refractivity contribution in [2.45, 2.75) is 50.9 Å². The summed E-state index contributed by atoms with van der Waals surface area (Å²) in [7, 11) is 3.79. The van der Waals surface area contributed by atoms with Crippen molar-refractivity contribution in [3.05, 3.63) is 83.9 Å². The Morgan fingerprint density at radius 2 is 1.60 bits per heavy atom. The third-order valence-electron chi connectivity index (χ3n) is 9.05. The van der Waals surface area contributed by atoms with E-state index in [1.165, 1.54) is 0 Å². The van der Waals surface area contributed by atoms with Crippen LogP contribution in [0.3, 0.4) is 0 Å². The van der Waals surface area contributed by atoms with Crippen LogP contribution in [0.4, 0.5) is 16.2 Å². The lowest BCUT2D eigenvalue weighted by Crippen LogP contribution is -2.40. The first kappa shape index (κ1) is 36.4. The van der Waals surface area contributed by atoms with E-state index >= 15 is 0 Å². The first-order chi connectivity index (χ1) is 23.4. The Morgan fingerprint density at radius 1 is 0.854 bits per heavy atom. The molecule has 10 nitrogen and oxygen atoms in total. The summed E-state index contributed by atoms with van der Waals surface area (Å²) in [5.41, 5.74) is 5.27. The number of hydrogen-bond acceptors (Lipinski definition) is 6. The molecule has 3 aromatic rings. The third-order valence-corrected chi connectivity index (χ3v) is 9.05. The number of rotatable bonds is 18. The van der Waals surface area contributed by atoms with E-state index in [9.17, 15) is 19.5 Å². The van der Waals surface area contributed by atoms with Gasteiger partial charge in [-0.2, -0.15) is 0 Å². The highest BCUT2D eigenvalue weighted by Crippen LogP contribution is 2.39. The quantitative estimate of drug-likeness (QED) is 0.105. The molecular formula is C38H52N6O4. The second-order valence-electron chi connectivity index (χ2n) is 12.5. The second-order valence-corrected chi connectivity index (χ2v) is 12.5. The average Bonchev–Trinajstić information content (AvgIpc) is 3.11. The minimum absolute atomic E-state index is 0.0523. The Labute approximate surface area is 285 Å². The first-order valence-electron chi connectivity index (χ1n) is 17.3. The van der Waals surface area contributed by atoms with Crippen LogP contribution in [-0.4, -0.2) is 92.7 Å². The zero-order valence-electron chi connectivity index (χ0n) is 28.5. The largest absolute Gasteiger partial charge is 0.465 e. The fraction of sp³-hybridized carbons (Fsp3) is 0.447. The van der Waals surface area contributed by atoms with Gasteiger partial charge in [0, 0.05) is 56.5 Å². The van der Waals surface area contributed by atoms with Crippen molar-refractivity contribution in [3.63, 3.8) is 0 Å². The van der Waals surface area contributed by atoms with Crippen molar-refractivity contribution in [1.82, 2.24) is 20.4 Å². The molecule has 0 unspecified atom stereocenters. The molecule has 1 saturated heterocycles. The van der Waals surface area contributed by atoms with Gasteiger partial charge in [0.1, 0.15) is 0 Å². The number of carbonyl (C=O) groups excluding carboxylic acids is 2. The van der Waals surface area contributed by atoms with E-state index < -0.39 is 6.09 Å². The van der Waals surface area contributed by atoms with Crippen LogP contribution in [0.5, 0.6) is 0 Å². The zero-order chi connectivity index (χ0) is 34.1. The van der Waals surface area contributed by atoms with Gasteiger partial charge in [-0.25, -0.2) is 4.79 Å². The molecule has 5 N–H and O–H groups in total. The van der Waals surface area contributed by atoms with Crippen LogP contribution in [0.2, 0.25) is 0 Å². The number of carbonyl (C=O) groups is 3. The number of benzene rings is 3. The number of unbranched alkanes of at least 4 members (excludes halogenated alkanes) is 2. The van der Waals surface area contributed by atoms with Crippen LogP contribution in [-0.2, 0) is 4.79 Å². The summed E-state index contributed by atoms with van der Waals surface area (Å²) in [6, 6.07) is 23.5. The topological polar surface area (TPSA) is 126 Å². The van der Waals surface area contributed by atoms with Crippen molar-refractivity contribution < 1.29 is 19.5 Å². The monoisotopic (exact) mass is 656 g/mol. The van der Waals surface area contributed by atoms with Crippen molar-refractivity contribution in [1.29, 1.82) is 0 Å². The number of likely N-dealkylation sites (N-methyl/N-ethyl adjacent to an activating group) is 1. The van der Waals surface area contributed by atoms with E-state index in [0.717, 1.165) is 93.6 Å². The molecule has 0 bridgehead atoms. The van der Waals surface area contributed by atoms with Crippen LogP contribution in [0.1, 0.15) is 66.8 Å². The van der Waals surface area contributed by atoms with Gasteiger partial charge in [0.25, 0.3) is 5.91 Å². The van der Waals surface area contributed by atoms with Crippen molar-refractivity contribution >= 4 is 29.3 Å². The Bertz CT molecular complexity index is 1440. The predicted octanol–water partition coefficient (Wildman–Crippen LogP) is 6.09. The smallest absolute Gasteiger partial charge is 0.409 e. The summed E-state index contributed by atoms with van der Waals surface area (Å²) in [6.07, 6.45) is 5.07. The molecule has 0 aromatic heterocycles. The lowest BCUT2D eigenvalue weighted by Gasteiger charge is -2.34. The maximum atomic E-state index is 12.8. The van der Waals surface area contributed by atoms with Gasteiger partial charge in [-0.05, 0) is 100 Å². The molecule has 4 rings (SSSR count). The maximum Gasteiger partial charge on any atom is 0.409 e. The zero-order valence-corrected chi connectivity index (χ0v) is 28.5. The Hall–Kier alpha value is -4.41. The Balaban J connectivity index is 1.11. The summed E-state index contributed by atoms with van der Waals surface area (Å²) in [4.78, 5) is 40.9. The van der Waals surface area contributed by atoms with Gasteiger partial charge in [-0.15, -0.1) is 0 Å². The second kappa shape index (κ2) is 19.4. The van der Waals surface area contributed by atoms with Crippen LogP contribution < -0.4 is 21.3 Å². The molecule has 0 atom stereocenters. The number of para-hydroxylation sites is 1. The van der Waals surface area contributed by atoms with Crippen LogP contribution in [0.15, 0.2) is 72.8 Å².